The Kier molecular flexibility index (Phi) is 5.95. The molecule has 0 spiro atoms. The van der Waals surface area contributed by atoms with Crippen LogP contribution in [0.1, 0.15) is 30.7 Å². The molecule has 1 heterocycles. The van der Waals surface area contributed by atoms with Crippen molar-refractivity contribution in [1.82, 2.24) is 15.6 Å². The fourth-order valence-electron chi connectivity index (χ4n) is 2.42. The summed E-state index contributed by atoms with van der Waals surface area (Å²) in [4.78, 5) is 25.6. The zero-order valence-electron chi connectivity index (χ0n) is 14.2. The molecule has 0 aliphatic carbocycles. The number of hydrazone groups is 1. The van der Waals surface area contributed by atoms with Gasteiger partial charge in [-0.15, -0.1) is 0 Å². The number of hydrogen-bond acceptors (Lipinski definition) is 4. The first kappa shape index (κ1) is 17.5. The van der Waals surface area contributed by atoms with Gasteiger partial charge in [-0.25, -0.2) is 5.43 Å². The number of carbonyl (C=O) groups is 1. The van der Waals surface area contributed by atoms with Gasteiger partial charge in [0.1, 0.15) is 0 Å². The Hall–Kier alpha value is -2.83. The summed E-state index contributed by atoms with van der Waals surface area (Å²) >= 11 is 0. The lowest BCUT2D eigenvalue weighted by Crippen LogP contribution is -2.23. The van der Waals surface area contributed by atoms with Crippen molar-refractivity contribution in [2.75, 3.05) is 18.0 Å². The van der Waals surface area contributed by atoms with Crippen LogP contribution in [0.2, 0.25) is 0 Å². The lowest BCUT2D eigenvalue weighted by molar-refractivity contribution is -0.120. The molecule has 7 nitrogen and oxygen atoms in total. The molecule has 128 valence electrons. The zero-order chi connectivity index (χ0) is 17.5. The molecule has 0 saturated carbocycles. The smallest absolute Gasteiger partial charge is 0.267 e. The van der Waals surface area contributed by atoms with E-state index >= 15 is 0 Å². The number of hydrogen-bond donors (Lipinski definition) is 3. The van der Waals surface area contributed by atoms with Crippen LogP contribution in [0.15, 0.2) is 34.2 Å². The maximum Gasteiger partial charge on any atom is 0.267 e. The summed E-state index contributed by atoms with van der Waals surface area (Å²) in [5, 5.41) is 9.07. The molecule has 0 fully saturated rings. The van der Waals surface area contributed by atoms with Crippen LogP contribution in [0.4, 0.5) is 5.69 Å². The third-order valence-corrected chi connectivity index (χ3v) is 3.85. The molecule has 0 unspecified atom stereocenters. The van der Waals surface area contributed by atoms with Crippen molar-refractivity contribution in [1.29, 1.82) is 0 Å². The molecule has 1 aromatic carbocycles. The third-order valence-electron chi connectivity index (χ3n) is 3.85. The summed E-state index contributed by atoms with van der Waals surface area (Å²) in [7, 11) is 0. The van der Waals surface area contributed by atoms with Gasteiger partial charge in [0.15, 0.2) is 0 Å². The summed E-state index contributed by atoms with van der Waals surface area (Å²) in [6.07, 6.45) is 1.57. The van der Waals surface area contributed by atoms with E-state index < -0.39 is 0 Å². The third kappa shape index (κ3) is 4.34. The summed E-state index contributed by atoms with van der Waals surface area (Å²) in [6, 6.07) is 7.95. The lowest BCUT2D eigenvalue weighted by atomic mass is 10.2. The number of carbonyl (C=O) groups excluding carboxylic acids is 1. The van der Waals surface area contributed by atoms with Gasteiger partial charge in [-0.3, -0.25) is 14.7 Å². The number of aryl methyl sites for hydroxylation is 1. The molecule has 0 radical (unpaired) electrons. The highest BCUT2D eigenvalue weighted by molar-refractivity contribution is 5.83. The molecule has 0 aliphatic rings. The second-order valence-electron chi connectivity index (χ2n) is 5.42. The van der Waals surface area contributed by atoms with Gasteiger partial charge in [-0.2, -0.15) is 5.10 Å². The predicted octanol–water partition coefficient (Wildman–Crippen LogP) is 1.55. The lowest BCUT2D eigenvalue weighted by Gasteiger charge is -2.20. The Morgan fingerprint density at radius 3 is 2.42 bits per heavy atom. The van der Waals surface area contributed by atoms with Gasteiger partial charge < -0.3 is 10.00 Å². The molecule has 2 rings (SSSR count). The molecule has 0 aliphatic heterocycles. The number of rotatable bonds is 7. The number of aromatic nitrogens is 2. The first-order valence-corrected chi connectivity index (χ1v) is 7.98. The molecule has 1 aromatic heterocycles. The Labute approximate surface area is 140 Å². The molecular formula is C17H23N5O2. The van der Waals surface area contributed by atoms with E-state index in [9.17, 15) is 9.59 Å². The molecular weight excluding hydrogens is 306 g/mol. The molecule has 7 heteroatoms. The van der Waals surface area contributed by atoms with Crippen LogP contribution < -0.4 is 15.9 Å². The number of benzene rings is 1. The molecule has 3 N–H and O–H groups in total. The van der Waals surface area contributed by atoms with Crippen molar-refractivity contribution < 1.29 is 4.79 Å². The minimum atomic E-state index is -0.334. The standard InChI is InChI=1S/C17H23N5O2/c1-4-22(5-2)14-8-6-13(7-9-14)11-18-20-16(23)10-15-12(3)19-21-17(15)24/h6-9,11H,4-5,10H2,1-3H3,(H,20,23)(H2,19,21,24). The molecule has 0 saturated heterocycles. The fourth-order valence-corrected chi connectivity index (χ4v) is 2.42. The van der Waals surface area contributed by atoms with Crippen LogP contribution in [-0.4, -0.2) is 35.4 Å². The Balaban J connectivity index is 1.92. The van der Waals surface area contributed by atoms with Crippen molar-refractivity contribution in [2.24, 2.45) is 5.10 Å². The largest absolute Gasteiger partial charge is 0.372 e. The first-order chi connectivity index (χ1) is 11.5. The van der Waals surface area contributed by atoms with Crippen molar-refractivity contribution in [3.8, 4) is 0 Å². The van der Waals surface area contributed by atoms with Gasteiger partial charge in [-0.05, 0) is 38.5 Å². The zero-order valence-corrected chi connectivity index (χ0v) is 14.2. The SMILES string of the molecule is CCN(CC)c1ccc(C=NNC(=O)Cc2c(C)[nH][nH]c2=O)cc1. The van der Waals surface area contributed by atoms with Gasteiger partial charge in [0.25, 0.3) is 5.56 Å². The van der Waals surface area contributed by atoms with E-state index in [1.54, 1.807) is 13.1 Å². The average molecular weight is 329 g/mol. The minimum Gasteiger partial charge on any atom is -0.372 e. The highest BCUT2D eigenvalue weighted by Crippen LogP contribution is 2.13. The van der Waals surface area contributed by atoms with E-state index in [-0.39, 0.29) is 17.9 Å². The summed E-state index contributed by atoms with van der Waals surface area (Å²) < 4.78 is 0. The quantitative estimate of drug-likeness (QED) is 0.531. The minimum absolute atomic E-state index is 0.0110. The van der Waals surface area contributed by atoms with E-state index in [0.717, 1.165) is 24.3 Å². The normalized spacial score (nSPS) is 11.0. The van der Waals surface area contributed by atoms with Gasteiger partial charge in [-0.1, -0.05) is 12.1 Å². The van der Waals surface area contributed by atoms with E-state index in [1.165, 1.54) is 0 Å². The van der Waals surface area contributed by atoms with E-state index in [2.05, 4.69) is 39.5 Å². The van der Waals surface area contributed by atoms with Gasteiger partial charge in [0.05, 0.1) is 12.6 Å². The second kappa shape index (κ2) is 8.14. The van der Waals surface area contributed by atoms with Crippen molar-refractivity contribution in [3.05, 3.63) is 51.4 Å². The number of H-pyrrole nitrogens is 2. The maximum atomic E-state index is 11.8. The highest BCUT2D eigenvalue weighted by Gasteiger charge is 2.10. The van der Waals surface area contributed by atoms with Crippen molar-refractivity contribution in [2.45, 2.75) is 27.2 Å². The van der Waals surface area contributed by atoms with Crippen LogP contribution in [0.3, 0.4) is 0 Å². The monoisotopic (exact) mass is 329 g/mol. The number of amides is 1. The van der Waals surface area contributed by atoms with E-state index in [1.807, 2.05) is 24.3 Å². The van der Waals surface area contributed by atoms with Crippen LogP contribution >= 0.6 is 0 Å². The van der Waals surface area contributed by atoms with Crippen molar-refractivity contribution in [3.63, 3.8) is 0 Å². The summed E-state index contributed by atoms with van der Waals surface area (Å²) in [5.41, 5.74) is 5.29. The fraction of sp³-hybridized carbons (Fsp3) is 0.353. The van der Waals surface area contributed by atoms with Crippen LogP contribution in [0.5, 0.6) is 0 Å². The van der Waals surface area contributed by atoms with Crippen LogP contribution in [-0.2, 0) is 11.2 Å². The van der Waals surface area contributed by atoms with Gasteiger partial charge in [0, 0.05) is 30.0 Å². The molecule has 24 heavy (non-hydrogen) atoms. The topological polar surface area (TPSA) is 93.3 Å². The van der Waals surface area contributed by atoms with E-state index in [4.69, 9.17) is 0 Å². The molecule has 1 amide bonds. The van der Waals surface area contributed by atoms with Gasteiger partial charge in [0.2, 0.25) is 5.91 Å². The second-order valence-corrected chi connectivity index (χ2v) is 5.42. The van der Waals surface area contributed by atoms with Crippen molar-refractivity contribution >= 4 is 17.8 Å². The molecule has 2 aromatic rings. The Morgan fingerprint density at radius 1 is 1.21 bits per heavy atom. The van der Waals surface area contributed by atoms with Crippen LogP contribution in [0, 0.1) is 6.92 Å². The Morgan fingerprint density at radius 2 is 1.88 bits per heavy atom. The maximum absolute atomic E-state index is 11.8. The average Bonchev–Trinajstić information content (AvgIpc) is 2.89. The molecule has 0 atom stereocenters. The predicted molar refractivity (Wildman–Crippen MR) is 95.6 cm³/mol. The Bertz CT molecular complexity index is 754. The number of nitrogens with one attached hydrogen (secondary N) is 3. The van der Waals surface area contributed by atoms with E-state index in [0.29, 0.717) is 11.3 Å². The summed E-state index contributed by atoms with van der Waals surface area (Å²) in [6.45, 7) is 7.88. The summed E-state index contributed by atoms with van der Waals surface area (Å²) in [5.74, 6) is -0.334. The first-order valence-electron chi connectivity index (χ1n) is 7.98. The number of anilines is 1. The number of aromatic amines is 2. The van der Waals surface area contributed by atoms with Crippen LogP contribution in [0.25, 0.3) is 0 Å². The highest BCUT2D eigenvalue weighted by atomic mass is 16.2. The molecule has 0 bridgehead atoms. The van der Waals surface area contributed by atoms with Gasteiger partial charge >= 0.3 is 0 Å². The number of nitrogens with zero attached hydrogens (tertiary/aromatic N) is 2.